The molecule has 1 aromatic heterocycles. The van der Waals surface area contributed by atoms with Gasteiger partial charge in [-0.2, -0.15) is 0 Å². The van der Waals surface area contributed by atoms with Crippen LogP contribution in [0.3, 0.4) is 0 Å². The highest BCUT2D eigenvalue weighted by atomic mass is 16.5. The van der Waals surface area contributed by atoms with Crippen LogP contribution in [0.4, 0.5) is 0 Å². The van der Waals surface area contributed by atoms with Gasteiger partial charge < -0.3 is 10.1 Å². The molecule has 2 unspecified atom stereocenters. The molecule has 3 rings (SSSR count). The Kier molecular flexibility index (Phi) is 4.03. The Hall–Kier alpha value is -1.00. The van der Waals surface area contributed by atoms with E-state index in [1.54, 1.807) is 0 Å². The molecule has 2 atom stereocenters. The predicted octanol–water partition coefficient (Wildman–Crippen LogP) is 2.78. The predicted molar refractivity (Wildman–Crippen MR) is 78.4 cm³/mol. The van der Waals surface area contributed by atoms with Gasteiger partial charge in [0.2, 0.25) is 0 Å². The van der Waals surface area contributed by atoms with Crippen molar-refractivity contribution in [2.75, 3.05) is 13.2 Å². The quantitative estimate of drug-likeness (QED) is 0.918. The molecular formula is C16H25N3O. The molecule has 1 aliphatic heterocycles. The first-order chi connectivity index (χ1) is 9.72. The first-order valence-corrected chi connectivity index (χ1v) is 7.89. The van der Waals surface area contributed by atoms with Gasteiger partial charge in [0.25, 0.3) is 0 Å². The Balaban J connectivity index is 1.79. The van der Waals surface area contributed by atoms with E-state index in [1.807, 2.05) is 13.1 Å². The standard InChI is InChI=1S/C16H25N3O/c1-3-17-15(14-5-9-18-12(2)19-14)13-6-10-20-16(11-13)7-4-8-16/h5,9,13,15,17H,3-4,6-8,10-11H2,1-2H3. The third-order valence-corrected chi connectivity index (χ3v) is 4.81. The number of aryl methyl sites for hydroxylation is 1. The zero-order chi connectivity index (χ0) is 14.0. The molecule has 2 aliphatic rings. The number of hydrogen-bond donors (Lipinski definition) is 1. The molecule has 1 N–H and O–H groups in total. The highest BCUT2D eigenvalue weighted by Crippen LogP contribution is 2.46. The second-order valence-electron chi connectivity index (χ2n) is 6.20. The Morgan fingerprint density at radius 1 is 1.50 bits per heavy atom. The Morgan fingerprint density at radius 2 is 2.35 bits per heavy atom. The molecule has 0 bridgehead atoms. The number of hydrogen-bond acceptors (Lipinski definition) is 4. The van der Waals surface area contributed by atoms with Crippen molar-refractivity contribution < 1.29 is 4.74 Å². The summed E-state index contributed by atoms with van der Waals surface area (Å²) < 4.78 is 6.06. The maximum Gasteiger partial charge on any atom is 0.125 e. The van der Waals surface area contributed by atoms with Gasteiger partial charge in [-0.3, -0.25) is 0 Å². The number of aromatic nitrogens is 2. The van der Waals surface area contributed by atoms with Crippen LogP contribution >= 0.6 is 0 Å². The molecule has 20 heavy (non-hydrogen) atoms. The summed E-state index contributed by atoms with van der Waals surface area (Å²) in [5, 5.41) is 3.64. The van der Waals surface area contributed by atoms with Crippen LogP contribution in [0.15, 0.2) is 12.3 Å². The molecule has 0 aromatic carbocycles. The summed E-state index contributed by atoms with van der Waals surface area (Å²) in [7, 11) is 0. The van der Waals surface area contributed by atoms with Crippen LogP contribution < -0.4 is 5.32 Å². The molecule has 2 fully saturated rings. The number of nitrogens with zero attached hydrogens (tertiary/aromatic N) is 2. The van der Waals surface area contributed by atoms with Crippen LogP contribution in [0.25, 0.3) is 0 Å². The van der Waals surface area contributed by atoms with E-state index < -0.39 is 0 Å². The Labute approximate surface area is 121 Å². The van der Waals surface area contributed by atoms with E-state index in [-0.39, 0.29) is 5.60 Å². The molecule has 2 heterocycles. The molecule has 4 nitrogen and oxygen atoms in total. The maximum absolute atomic E-state index is 6.06. The van der Waals surface area contributed by atoms with E-state index >= 15 is 0 Å². The minimum absolute atomic E-state index is 0.193. The summed E-state index contributed by atoms with van der Waals surface area (Å²) in [5.74, 6) is 1.48. The lowest BCUT2D eigenvalue weighted by Crippen LogP contribution is -2.48. The second kappa shape index (κ2) is 5.78. The van der Waals surface area contributed by atoms with Crippen molar-refractivity contribution >= 4 is 0 Å². The lowest BCUT2D eigenvalue weighted by Gasteiger charge is -2.48. The molecule has 1 aliphatic carbocycles. The van der Waals surface area contributed by atoms with Gasteiger partial charge in [-0.05, 0) is 57.6 Å². The van der Waals surface area contributed by atoms with Crippen LogP contribution in [0.1, 0.15) is 56.6 Å². The van der Waals surface area contributed by atoms with E-state index in [2.05, 4.69) is 28.3 Å². The van der Waals surface area contributed by atoms with Gasteiger partial charge in [0.15, 0.2) is 0 Å². The molecule has 0 radical (unpaired) electrons. The van der Waals surface area contributed by atoms with Gasteiger partial charge in [0.05, 0.1) is 17.3 Å². The van der Waals surface area contributed by atoms with Crippen LogP contribution in [0.2, 0.25) is 0 Å². The average Bonchev–Trinajstić information content (AvgIpc) is 2.43. The normalized spacial score (nSPS) is 26.2. The lowest BCUT2D eigenvalue weighted by atomic mass is 9.70. The molecule has 110 valence electrons. The van der Waals surface area contributed by atoms with E-state index in [0.29, 0.717) is 12.0 Å². The van der Waals surface area contributed by atoms with Crippen molar-refractivity contribution in [3.63, 3.8) is 0 Å². The molecular weight excluding hydrogens is 250 g/mol. The number of rotatable bonds is 4. The van der Waals surface area contributed by atoms with Gasteiger partial charge in [0, 0.05) is 12.8 Å². The molecule has 1 saturated carbocycles. The Morgan fingerprint density at radius 3 is 3.00 bits per heavy atom. The first kappa shape index (κ1) is 14.0. The van der Waals surface area contributed by atoms with Gasteiger partial charge in [-0.1, -0.05) is 6.92 Å². The van der Waals surface area contributed by atoms with E-state index in [4.69, 9.17) is 4.74 Å². The molecule has 1 spiro atoms. The van der Waals surface area contributed by atoms with Gasteiger partial charge in [-0.15, -0.1) is 0 Å². The summed E-state index contributed by atoms with van der Waals surface area (Å²) in [5.41, 5.74) is 1.33. The highest BCUT2D eigenvalue weighted by Gasteiger charge is 2.44. The van der Waals surface area contributed by atoms with E-state index in [0.717, 1.165) is 31.1 Å². The van der Waals surface area contributed by atoms with Crippen molar-refractivity contribution in [2.24, 2.45) is 5.92 Å². The summed E-state index contributed by atoms with van der Waals surface area (Å²) >= 11 is 0. The topological polar surface area (TPSA) is 47.0 Å². The van der Waals surface area contributed by atoms with Gasteiger partial charge >= 0.3 is 0 Å². The zero-order valence-corrected chi connectivity index (χ0v) is 12.6. The molecule has 4 heteroatoms. The lowest BCUT2D eigenvalue weighted by molar-refractivity contribution is -0.147. The van der Waals surface area contributed by atoms with Crippen molar-refractivity contribution in [1.82, 2.24) is 15.3 Å². The van der Waals surface area contributed by atoms with Crippen LogP contribution in [0, 0.1) is 12.8 Å². The van der Waals surface area contributed by atoms with Crippen molar-refractivity contribution in [3.8, 4) is 0 Å². The zero-order valence-electron chi connectivity index (χ0n) is 12.6. The maximum atomic E-state index is 6.06. The largest absolute Gasteiger partial charge is 0.375 e. The Bertz CT molecular complexity index is 459. The minimum atomic E-state index is 0.193. The SMILES string of the molecule is CCNC(c1ccnc(C)n1)C1CCOC2(CCC2)C1. The molecule has 0 amide bonds. The van der Waals surface area contributed by atoms with Crippen LogP contribution in [-0.2, 0) is 4.74 Å². The molecule has 1 saturated heterocycles. The monoisotopic (exact) mass is 275 g/mol. The first-order valence-electron chi connectivity index (χ1n) is 7.89. The third-order valence-electron chi connectivity index (χ3n) is 4.81. The average molecular weight is 275 g/mol. The van der Waals surface area contributed by atoms with Crippen LogP contribution in [0.5, 0.6) is 0 Å². The fourth-order valence-electron chi connectivity index (χ4n) is 3.65. The van der Waals surface area contributed by atoms with E-state index in [9.17, 15) is 0 Å². The summed E-state index contributed by atoms with van der Waals surface area (Å²) in [6.45, 7) is 6.00. The number of ether oxygens (including phenoxy) is 1. The smallest absolute Gasteiger partial charge is 0.125 e. The fraction of sp³-hybridized carbons (Fsp3) is 0.750. The summed E-state index contributed by atoms with van der Waals surface area (Å²) in [4.78, 5) is 8.86. The fourth-order valence-corrected chi connectivity index (χ4v) is 3.65. The summed E-state index contributed by atoms with van der Waals surface area (Å²) in [6.07, 6.45) is 7.98. The van der Waals surface area contributed by atoms with Crippen LogP contribution in [-0.4, -0.2) is 28.7 Å². The molecule has 1 aromatic rings. The van der Waals surface area contributed by atoms with Crippen molar-refractivity contribution in [3.05, 3.63) is 23.8 Å². The van der Waals surface area contributed by atoms with Gasteiger partial charge in [0.1, 0.15) is 5.82 Å². The minimum Gasteiger partial charge on any atom is -0.375 e. The number of nitrogens with one attached hydrogen (secondary N) is 1. The van der Waals surface area contributed by atoms with E-state index in [1.165, 1.54) is 25.7 Å². The summed E-state index contributed by atoms with van der Waals surface area (Å²) in [6, 6.07) is 2.39. The highest BCUT2D eigenvalue weighted by molar-refractivity contribution is 5.10. The third kappa shape index (κ3) is 2.72. The second-order valence-corrected chi connectivity index (χ2v) is 6.20. The van der Waals surface area contributed by atoms with Crippen molar-refractivity contribution in [1.29, 1.82) is 0 Å². The van der Waals surface area contributed by atoms with Gasteiger partial charge in [-0.25, -0.2) is 9.97 Å². The van der Waals surface area contributed by atoms with Crippen molar-refractivity contribution in [2.45, 2.75) is 57.6 Å².